The van der Waals surface area contributed by atoms with Crippen LogP contribution in [0.5, 0.6) is 0 Å². The maximum absolute atomic E-state index is 13.4. The monoisotopic (exact) mass is 575 g/mol. The molecule has 15 heteroatoms. The third kappa shape index (κ3) is 5.93. The van der Waals surface area contributed by atoms with E-state index in [9.17, 15) is 22.6 Å². The number of nitrogens with one attached hydrogen (secondary N) is 3. The SMILES string of the molecule is CC(C)(CNc1nc(Cl)nc(NCCO)n1)CNc1cc(S(=O)(=O)O)c(N)c2c1C(=O)c1ccccc1C2=O. The van der Waals surface area contributed by atoms with Crippen LogP contribution < -0.4 is 21.7 Å². The molecular weight excluding hydrogens is 550 g/mol. The first-order chi connectivity index (χ1) is 18.3. The number of rotatable bonds is 10. The fourth-order valence-electron chi connectivity index (χ4n) is 4.04. The van der Waals surface area contributed by atoms with Crippen LogP contribution in [0, 0.1) is 5.41 Å². The first kappa shape index (κ1) is 28.2. The van der Waals surface area contributed by atoms with Gasteiger partial charge in [-0.25, -0.2) is 0 Å². The van der Waals surface area contributed by atoms with Gasteiger partial charge in [-0.05, 0) is 23.1 Å². The molecule has 0 saturated carbocycles. The Morgan fingerprint density at radius 3 is 2.10 bits per heavy atom. The first-order valence-corrected chi connectivity index (χ1v) is 13.5. The van der Waals surface area contributed by atoms with Crippen molar-refractivity contribution in [3.05, 3.63) is 57.9 Å². The van der Waals surface area contributed by atoms with Crippen LogP contribution in [-0.2, 0) is 10.1 Å². The van der Waals surface area contributed by atoms with Gasteiger partial charge in [0.05, 0.1) is 23.4 Å². The minimum Gasteiger partial charge on any atom is -0.397 e. The molecule has 0 unspecified atom stereocenters. The summed E-state index contributed by atoms with van der Waals surface area (Å²) in [6.07, 6.45) is 0. The summed E-state index contributed by atoms with van der Waals surface area (Å²) in [5.74, 6) is -0.768. The van der Waals surface area contributed by atoms with Gasteiger partial charge >= 0.3 is 0 Å². The van der Waals surface area contributed by atoms with Gasteiger partial charge in [0.2, 0.25) is 17.2 Å². The van der Waals surface area contributed by atoms with Crippen LogP contribution in [0.15, 0.2) is 35.2 Å². The molecule has 0 amide bonds. The van der Waals surface area contributed by atoms with Gasteiger partial charge in [-0.1, -0.05) is 38.1 Å². The Kier molecular flexibility index (Phi) is 7.75. The van der Waals surface area contributed by atoms with E-state index in [0.29, 0.717) is 0 Å². The molecule has 1 aromatic heterocycles. The van der Waals surface area contributed by atoms with Crippen LogP contribution in [-0.4, -0.2) is 70.8 Å². The van der Waals surface area contributed by atoms with Crippen molar-refractivity contribution >= 4 is 56.6 Å². The topological polar surface area (TPSA) is 210 Å². The molecule has 13 nitrogen and oxygen atoms in total. The summed E-state index contributed by atoms with van der Waals surface area (Å²) < 4.78 is 34.0. The second-order valence-electron chi connectivity index (χ2n) is 9.54. The number of fused-ring (bicyclic) bond motifs is 2. The Balaban J connectivity index is 1.63. The van der Waals surface area contributed by atoms with Crippen molar-refractivity contribution in [1.29, 1.82) is 0 Å². The standard InChI is InChI=1S/C24H26ClN7O6S/c1-24(2,11-29-23-31-21(25)30-22(32-23)27-7-8-33)10-28-14-9-15(39(36,37)38)18(26)17-16(14)19(34)12-5-3-4-6-13(12)20(17)35/h3-6,9,28,33H,7-8,10-11,26H2,1-2H3,(H,36,37,38)(H2,27,29,30,31,32). The molecule has 1 aliphatic carbocycles. The third-order valence-corrected chi connectivity index (χ3v) is 7.03. The summed E-state index contributed by atoms with van der Waals surface area (Å²) in [4.78, 5) is 38.2. The van der Waals surface area contributed by atoms with E-state index >= 15 is 0 Å². The van der Waals surface area contributed by atoms with Crippen LogP contribution in [0.1, 0.15) is 45.7 Å². The van der Waals surface area contributed by atoms with E-state index in [-0.39, 0.29) is 71.4 Å². The highest BCUT2D eigenvalue weighted by atomic mass is 35.5. The molecular formula is C24H26ClN7O6S. The van der Waals surface area contributed by atoms with E-state index in [0.717, 1.165) is 6.07 Å². The maximum atomic E-state index is 13.4. The molecule has 0 fully saturated rings. The van der Waals surface area contributed by atoms with Crippen molar-refractivity contribution < 1.29 is 27.7 Å². The third-order valence-electron chi connectivity index (χ3n) is 5.96. The van der Waals surface area contributed by atoms with Gasteiger partial charge in [-0.2, -0.15) is 23.4 Å². The lowest BCUT2D eigenvalue weighted by atomic mass is 9.82. The first-order valence-electron chi connectivity index (χ1n) is 11.7. The summed E-state index contributed by atoms with van der Waals surface area (Å²) in [7, 11) is -4.82. The van der Waals surface area contributed by atoms with E-state index in [1.54, 1.807) is 12.1 Å². The highest BCUT2D eigenvalue weighted by Gasteiger charge is 2.36. The van der Waals surface area contributed by atoms with Crippen molar-refractivity contribution in [2.75, 3.05) is 47.9 Å². The zero-order valence-electron chi connectivity index (χ0n) is 20.9. The second kappa shape index (κ2) is 10.7. The number of hydrogen-bond acceptors (Lipinski definition) is 12. The molecule has 0 aliphatic heterocycles. The number of anilines is 4. The number of ketones is 2. The Morgan fingerprint density at radius 2 is 1.51 bits per heavy atom. The molecule has 2 aromatic carbocycles. The number of nitrogen functional groups attached to an aromatic ring is 1. The molecule has 4 rings (SSSR count). The molecule has 206 valence electrons. The molecule has 0 spiro atoms. The predicted molar refractivity (Wildman–Crippen MR) is 145 cm³/mol. The molecule has 0 bridgehead atoms. The Hall–Kier alpha value is -3.85. The average molecular weight is 576 g/mol. The molecule has 0 atom stereocenters. The maximum Gasteiger partial charge on any atom is 0.296 e. The number of aliphatic hydroxyl groups is 1. The molecule has 0 saturated heterocycles. The lowest BCUT2D eigenvalue weighted by Gasteiger charge is -2.28. The molecule has 1 aliphatic rings. The predicted octanol–water partition coefficient (Wildman–Crippen LogP) is 2.08. The average Bonchev–Trinajstić information content (AvgIpc) is 2.87. The van der Waals surface area contributed by atoms with Crippen LogP contribution in [0.2, 0.25) is 5.28 Å². The Bertz CT molecular complexity index is 1580. The van der Waals surface area contributed by atoms with Crippen molar-refractivity contribution in [3.63, 3.8) is 0 Å². The van der Waals surface area contributed by atoms with E-state index < -0.39 is 37.7 Å². The van der Waals surface area contributed by atoms with Crippen molar-refractivity contribution in [3.8, 4) is 0 Å². The number of halogens is 1. The molecule has 39 heavy (non-hydrogen) atoms. The fraction of sp³-hybridized carbons (Fsp3) is 0.292. The number of aliphatic hydroxyl groups excluding tert-OH is 1. The Morgan fingerprint density at radius 1 is 0.949 bits per heavy atom. The van der Waals surface area contributed by atoms with Gasteiger partial charge in [-0.3, -0.25) is 14.1 Å². The van der Waals surface area contributed by atoms with Crippen LogP contribution >= 0.6 is 11.6 Å². The van der Waals surface area contributed by atoms with E-state index in [1.165, 1.54) is 12.1 Å². The number of nitrogens with zero attached hydrogens (tertiary/aromatic N) is 3. The smallest absolute Gasteiger partial charge is 0.296 e. The minimum absolute atomic E-state index is 0.0337. The van der Waals surface area contributed by atoms with Crippen molar-refractivity contribution in [1.82, 2.24) is 15.0 Å². The number of aromatic nitrogens is 3. The number of nitrogens with two attached hydrogens (primary N) is 1. The molecule has 0 radical (unpaired) electrons. The quantitative estimate of drug-likeness (QED) is 0.118. The minimum atomic E-state index is -4.82. The summed E-state index contributed by atoms with van der Waals surface area (Å²) in [5, 5.41) is 17.8. The van der Waals surface area contributed by atoms with Gasteiger partial charge in [0, 0.05) is 36.4 Å². The number of benzene rings is 2. The highest BCUT2D eigenvalue weighted by Crippen LogP contribution is 2.39. The molecule has 7 N–H and O–H groups in total. The van der Waals surface area contributed by atoms with Crippen molar-refractivity contribution in [2.24, 2.45) is 5.41 Å². The summed E-state index contributed by atoms with van der Waals surface area (Å²) >= 11 is 5.96. The van der Waals surface area contributed by atoms with Gasteiger partial charge in [0.25, 0.3) is 10.1 Å². The van der Waals surface area contributed by atoms with Crippen LogP contribution in [0.3, 0.4) is 0 Å². The fourth-order valence-corrected chi connectivity index (χ4v) is 4.84. The zero-order valence-corrected chi connectivity index (χ0v) is 22.5. The van der Waals surface area contributed by atoms with Gasteiger partial charge in [0.1, 0.15) is 4.90 Å². The van der Waals surface area contributed by atoms with Gasteiger partial charge < -0.3 is 26.8 Å². The van der Waals surface area contributed by atoms with Gasteiger partial charge in [0.15, 0.2) is 11.6 Å². The summed E-state index contributed by atoms with van der Waals surface area (Å²) in [6.45, 7) is 4.31. The van der Waals surface area contributed by atoms with Gasteiger partial charge in [-0.15, -0.1) is 0 Å². The van der Waals surface area contributed by atoms with E-state index in [2.05, 4.69) is 30.9 Å². The van der Waals surface area contributed by atoms with Crippen molar-refractivity contribution in [2.45, 2.75) is 18.7 Å². The van der Waals surface area contributed by atoms with Crippen LogP contribution in [0.25, 0.3) is 0 Å². The largest absolute Gasteiger partial charge is 0.397 e. The molecule has 3 aromatic rings. The van der Waals surface area contributed by atoms with E-state index in [4.69, 9.17) is 22.4 Å². The zero-order chi connectivity index (χ0) is 28.5. The normalized spacial score (nSPS) is 13.1. The summed E-state index contributed by atoms with van der Waals surface area (Å²) in [5.41, 5.74) is 4.89. The number of carbonyl (C=O) groups excluding carboxylic acids is 2. The van der Waals surface area contributed by atoms with Crippen LogP contribution in [0.4, 0.5) is 23.3 Å². The number of hydrogen-bond donors (Lipinski definition) is 6. The highest BCUT2D eigenvalue weighted by molar-refractivity contribution is 7.86. The summed E-state index contributed by atoms with van der Waals surface area (Å²) in [6, 6.07) is 7.21. The lowest BCUT2D eigenvalue weighted by molar-refractivity contribution is 0.0980. The Labute approximate surface area is 229 Å². The second-order valence-corrected chi connectivity index (χ2v) is 11.3. The lowest BCUT2D eigenvalue weighted by Crippen LogP contribution is -2.33. The molecule has 1 heterocycles. The van der Waals surface area contributed by atoms with E-state index in [1.807, 2.05) is 13.8 Å². The number of carbonyl (C=O) groups is 2.